The van der Waals surface area contributed by atoms with Crippen LogP contribution in [-0.4, -0.2) is 24.8 Å². The molecular formula is C10H13BClN2O-. The van der Waals surface area contributed by atoms with E-state index in [1.807, 2.05) is 30.3 Å². The first-order valence-electron chi connectivity index (χ1n) is 4.99. The Kier molecular flexibility index (Phi) is 5.87. The van der Waals surface area contributed by atoms with Crippen LogP contribution in [0.3, 0.4) is 0 Å². The second kappa shape index (κ2) is 7.30. The molecule has 1 aromatic rings. The molecule has 0 atom stereocenters. The van der Waals surface area contributed by atoms with Gasteiger partial charge in [-0.2, -0.15) is 0 Å². The van der Waals surface area contributed by atoms with E-state index in [2.05, 4.69) is 5.97 Å². The second-order valence-corrected chi connectivity index (χ2v) is 3.62. The van der Waals surface area contributed by atoms with Gasteiger partial charge >= 0.3 is 0 Å². The smallest absolute Gasteiger partial charge is 0.166 e. The normalized spacial score (nSPS) is 10.2. The van der Waals surface area contributed by atoms with Crippen molar-refractivity contribution in [3.05, 3.63) is 35.9 Å². The fourth-order valence-corrected chi connectivity index (χ4v) is 1.47. The molecule has 0 amide bonds. The molecule has 0 aliphatic heterocycles. The number of benzene rings is 1. The molecule has 0 bridgehead atoms. The maximum atomic E-state index is 8.60. The average Bonchev–Trinajstić information content (AvgIpc) is 2.28. The molecule has 0 radical (unpaired) electrons. The molecule has 0 aliphatic carbocycles. The Morgan fingerprint density at radius 2 is 2.13 bits per heavy atom. The van der Waals surface area contributed by atoms with Crippen molar-refractivity contribution in [3.8, 4) is 5.97 Å². The lowest BCUT2D eigenvalue weighted by molar-refractivity contribution is -0.0947. The molecule has 0 saturated carbocycles. The van der Waals surface area contributed by atoms with E-state index in [9.17, 15) is 0 Å². The molecule has 3 nitrogen and oxygen atoms in total. The zero-order valence-corrected chi connectivity index (χ0v) is 9.44. The molecule has 80 valence electrons. The van der Waals surface area contributed by atoms with Crippen molar-refractivity contribution in [1.29, 1.82) is 5.26 Å². The van der Waals surface area contributed by atoms with E-state index in [0.29, 0.717) is 19.0 Å². The van der Waals surface area contributed by atoms with Crippen LogP contribution >= 0.6 is 11.6 Å². The first-order chi connectivity index (χ1) is 7.36. The fourth-order valence-electron chi connectivity index (χ4n) is 1.23. The van der Waals surface area contributed by atoms with E-state index < -0.39 is 7.41 Å². The van der Waals surface area contributed by atoms with Gasteiger partial charge in [-0.05, 0) is 12.1 Å². The minimum atomic E-state index is -0.839. The number of nitriles is 1. The number of halogens is 1. The van der Waals surface area contributed by atoms with Crippen LogP contribution in [0.1, 0.15) is 5.56 Å². The minimum absolute atomic E-state index is 0.486. The summed E-state index contributed by atoms with van der Waals surface area (Å²) in [7, 11) is -0.839. The van der Waals surface area contributed by atoms with Gasteiger partial charge in [0.1, 0.15) is 0 Å². The van der Waals surface area contributed by atoms with Crippen LogP contribution in [0.4, 0.5) is 0 Å². The third-order valence-corrected chi connectivity index (χ3v) is 2.21. The Morgan fingerprint density at radius 3 is 2.73 bits per heavy atom. The Bertz CT molecular complexity index is 315. The molecule has 0 spiro atoms. The summed E-state index contributed by atoms with van der Waals surface area (Å²) in [5.74, 6) is 2.64. The van der Waals surface area contributed by atoms with Crippen LogP contribution in [0.2, 0.25) is 0 Å². The quantitative estimate of drug-likeness (QED) is 0.413. The van der Waals surface area contributed by atoms with Gasteiger partial charge in [0.15, 0.2) is 7.41 Å². The number of hydroxylamine groups is 1. The van der Waals surface area contributed by atoms with Gasteiger partial charge in [0.05, 0.1) is 6.61 Å². The summed E-state index contributed by atoms with van der Waals surface area (Å²) < 4.78 is 0. The Labute approximate surface area is 95.4 Å². The summed E-state index contributed by atoms with van der Waals surface area (Å²) in [5.41, 5.74) is 1.10. The maximum Gasteiger partial charge on any atom is 0.166 e. The molecule has 0 aliphatic rings. The molecule has 0 fully saturated rings. The second-order valence-electron chi connectivity index (χ2n) is 3.25. The number of alkyl halides is 1. The van der Waals surface area contributed by atoms with Gasteiger partial charge in [0.25, 0.3) is 0 Å². The first-order valence-corrected chi connectivity index (χ1v) is 5.52. The highest BCUT2D eigenvalue weighted by Crippen LogP contribution is 2.02. The zero-order valence-electron chi connectivity index (χ0n) is 8.69. The lowest BCUT2D eigenvalue weighted by atomic mass is 9.98. The van der Waals surface area contributed by atoms with E-state index in [1.54, 1.807) is 4.97 Å². The molecule has 0 heterocycles. The van der Waals surface area contributed by atoms with Gasteiger partial charge in [0, 0.05) is 5.88 Å². The highest BCUT2D eigenvalue weighted by Gasteiger charge is 1.98. The predicted octanol–water partition coefficient (Wildman–Crippen LogP) is 1.22. The molecule has 0 N–H and O–H groups in total. The van der Waals surface area contributed by atoms with E-state index in [4.69, 9.17) is 21.7 Å². The van der Waals surface area contributed by atoms with E-state index in [0.717, 1.165) is 5.56 Å². The van der Waals surface area contributed by atoms with Crippen molar-refractivity contribution >= 4 is 19.0 Å². The van der Waals surface area contributed by atoms with Gasteiger partial charge in [-0.25, -0.2) is 5.26 Å². The summed E-state index contributed by atoms with van der Waals surface area (Å²) >= 11 is 5.60. The Hall–Kier alpha value is -1.02. The monoisotopic (exact) mass is 223 g/mol. The summed E-state index contributed by atoms with van der Waals surface area (Å²) in [6, 6.07) is 9.87. The minimum Gasteiger partial charge on any atom is -0.347 e. The number of rotatable bonds is 6. The largest absolute Gasteiger partial charge is 0.347 e. The van der Waals surface area contributed by atoms with Crippen molar-refractivity contribution in [2.75, 3.05) is 12.4 Å². The third kappa shape index (κ3) is 4.84. The predicted molar refractivity (Wildman–Crippen MR) is 62.8 cm³/mol. The first kappa shape index (κ1) is 12.1. The standard InChI is InChI=1S/C10H13BClN2O/c12-6-7-14(11-9-13)15-8-10-4-2-1-3-5-10/h1-5H,6-8,11H2/q-1. The van der Waals surface area contributed by atoms with Crippen molar-refractivity contribution in [2.45, 2.75) is 6.61 Å². The van der Waals surface area contributed by atoms with Crippen LogP contribution in [-0.2, 0) is 11.4 Å². The van der Waals surface area contributed by atoms with Gasteiger partial charge in [-0.15, -0.1) is 17.6 Å². The van der Waals surface area contributed by atoms with E-state index in [-0.39, 0.29) is 0 Å². The number of hydrogen-bond acceptors (Lipinski definition) is 3. The molecule has 0 saturated heterocycles. The molecular weight excluding hydrogens is 210 g/mol. The molecule has 1 aromatic carbocycles. The van der Waals surface area contributed by atoms with Gasteiger partial charge < -0.3 is 9.81 Å². The maximum absolute atomic E-state index is 8.60. The topological polar surface area (TPSA) is 36.3 Å². The zero-order chi connectivity index (χ0) is 10.9. The average molecular weight is 223 g/mol. The van der Waals surface area contributed by atoms with Gasteiger partial charge in [0.2, 0.25) is 0 Å². The van der Waals surface area contributed by atoms with Crippen LogP contribution < -0.4 is 0 Å². The summed E-state index contributed by atoms with van der Waals surface area (Å²) in [6.45, 7) is 1.12. The van der Waals surface area contributed by atoms with E-state index >= 15 is 0 Å². The van der Waals surface area contributed by atoms with Crippen LogP contribution in [0.5, 0.6) is 0 Å². The summed E-state index contributed by atoms with van der Waals surface area (Å²) in [4.78, 5) is 7.19. The van der Waals surface area contributed by atoms with Gasteiger partial charge in [-0.1, -0.05) is 30.3 Å². The Balaban J connectivity index is 2.37. The SMILES string of the molecule is N#C[BH2-]N(CCCl)OCc1ccccc1. The van der Waals surface area contributed by atoms with Crippen molar-refractivity contribution in [1.82, 2.24) is 4.97 Å². The van der Waals surface area contributed by atoms with Crippen LogP contribution in [0, 0.1) is 11.2 Å². The summed E-state index contributed by atoms with van der Waals surface area (Å²) in [6.07, 6.45) is 0. The highest BCUT2D eigenvalue weighted by atomic mass is 35.5. The van der Waals surface area contributed by atoms with E-state index in [1.165, 1.54) is 0 Å². The fraction of sp³-hybridized carbons (Fsp3) is 0.300. The number of hydrogen-bond donors (Lipinski definition) is 0. The molecule has 15 heavy (non-hydrogen) atoms. The molecule has 5 heteroatoms. The van der Waals surface area contributed by atoms with Crippen LogP contribution in [0.15, 0.2) is 30.3 Å². The van der Waals surface area contributed by atoms with Crippen molar-refractivity contribution < 1.29 is 4.84 Å². The van der Waals surface area contributed by atoms with Crippen LogP contribution in [0.25, 0.3) is 0 Å². The molecule has 1 rings (SSSR count). The van der Waals surface area contributed by atoms with Crippen molar-refractivity contribution in [2.24, 2.45) is 0 Å². The lowest BCUT2D eigenvalue weighted by Crippen LogP contribution is -2.29. The Morgan fingerprint density at radius 1 is 1.40 bits per heavy atom. The lowest BCUT2D eigenvalue weighted by Gasteiger charge is -2.24. The number of nitrogens with zero attached hydrogens (tertiary/aromatic N) is 2. The third-order valence-electron chi connectivity index (χ3n) is 2.04. The summed E-state index contributed by atoms with van der Waals surface area (Å²) in [5, 5.41) is 8.60. The molecule has 0 aromatic heterocycles. The molecule has 0 unspecified atom stereocenters. The van der Waals surface area contributed by atoms with Gasteiger partial charge in [-0.3, -0.25) is 0 Å². The van der Waals surface area contributed by atoms with Crippen molar-refractivity contribution in [3.63, 3.8) is 0 Å². The highest BCUT2D eigenvalue weighted by molar-refractivity contribution is 6.41.